The predicted octanol–water partition coefficient (Wildman–Crippen LogP) is 3.20. The van der Waals surface area contributed by atoms with Gasteiger partial charge in [0.25, 0.3) is 0 Å². The predicted molar refractivity (Wildman–Crippen MR) is 79.0 cm³/mol. The van der Waals surface area contributed by atoms with Crippen LogP contribution >= 0.6 is 11.6 Å². The summed E-state index contributed by atoms with van der Waals surface area (Å²) in [5.41, 5.74) is 0. The monoisotopic (exact) mass is 307 g/mol. The molecular formula is C14H26ClNO4. The molecule has 0 aromatic carbocycles. The minimum absolute atomic E-state index is 0.100. The fraction of sp³-hybridized carbons (Fsp3) is 0.857. The van der Waals surface area contributed by atoms with Crippen LogP contribution in [0.4, 0.5) is 4.79 Å². The average Bonchev–Trinajstić information content (AvgIpc) is 2.43. The van der Waals surface area contributed by atoms with Crippen molar-refractivity contribution >= 4 is 23.7 Å². The Labute approximate surface area is 126 Å². The van der Waals surface area contributed by atoms with Gasteiger partial charge in [-0.25, -0.2) is 4.79 Å². The Morgan fingerprint density at radius 2 is 1.65 bits per heavy atom. The van der Waals surface area contributed by atoms with Crippen LogP contribution in [0.15, 0.2) is 0 Å². The minimum atomic E-state index is -0.567. The standard InChI is InChI=1S/C14H26ClNO4/c1-3-4-5-6-7-8-10-19-13(17)12-16(2)14(18)20-11-9-15/h3-12H2,1-2H3. The van der Waals surface area contributed by atoms with Crippen LogP contribution in [0.1, 0.15) is 45.4 Å². The quantitative estimate of drug-likeness (QED) is 0.334. The van der Waals surface area contributed by atoms with Crippen LogP contribution in [0.25, 0.3) is 0 Å². The highest BCUT2D eigenvalue weighted by Gasteiger charge is 2.14. The lowest BCUT2D eigenvalue weighted by Crippen LogP contribution is -2.33. The molecule has 1 amide bonds. The maximum atomic E-state index is 11.5. The van der Waals surface area contributed by atoms with E-state index in [4.69, 9.17) is 21.1 Å². The number of esters is 1. The zero-order valence-electron chi connectivity index (χ0n) is 12.5. The zero-order chi connectivity index (χ0) is 15.2. The van der Waals surface area contributed by atoms with Crippen LogP contribution < -0.4 is 0 Å². The second kappa shape index (κ2) is 13.0. The molecule has 118 valence electrons. The number of carbonyl (C=O) groups is 2. The van der Waals surface area contributed by atoms with E-state index in [-0.39, 0.29) is 19.0 Å². The van der Waals surface area contributed by atoms with Crippen molar-refractivity contribution < 1.29 is 19.1 Å². The van der Waals surface area contributed by atoms with Crippen molar-refractivity contribution in [3.63, 3.8) is 0 Å². The van der Waals surface area contributed by atoms with Crippen molar-refractivity contribution in [3.05, 3.63) is 0 Å². The fourth-order valence-electron chi connectivity index (χ4n) is 1.61. The topological polar surface area (TPSA) is 55.8 Å². The first-order valence-corrected chi connectivity index (χ1v) is 7.74. The smallest absolute Gasteiger partial charge is 0.410 e. The third-order valence-electron chi connectivity index (χ3n) is 2.74. The normalized spacial score (nSPS) is 10.2. The number of halogens is 1. The van der Waals surface area contributed by atoms with E-state index in [1.165, 1.54) is 37.6 Å². The maximum absolute atomic E-state index is 11.5. The molecule has 6 heteroatoms. The Balaban J connectivity index is 3.55. The first-order valence-electron chi connectivity index (χ1n) is 7.21. The minimum Gasteiger partial charge on any atom is -0.464 e. The Morgan fingerprint density at radius 1 is 1.00 bits per heavy atom. The van der Waals surface area contributed by atoms with Gasteiger partial charge < -0.3 is 14.4 Å². The largest absolute Gasteiger partial charge is 0.464 e. The van der Waals surface area contributed by atoms with Crippen LogP contribution in [0.5, 0.6) is 0 Å². The number of likely N-dealkylation sites (N-methyl/N-ethyl adjacent to an activating group) is 1. The van der Waals surface area contributed by atoms with Gasteiger partial charge in [0.05, 0.1) is 12.5 Å². The van der Waals surface area contributed by atoms with Crippen molar-refractivity contribution in [1.29, 1.82) is 0 Å². The molecule has 0 aliphatic heterocycles. The van der Waals surface area contributed by atoms with E-state index >= 15 is 0 Å². The summed E-state index contributed by atoms with van der Waals surface area (Å²) >= 11 is 5.40. The third kappa shape index (κ3) is 10.9. The summed E-state index contributed by atoms with van der Waals surface area (Å²) in [5, 5.41) is 0. The Morgan fingerprint density at radius 3 is 2.30 bits per heavy atom. The highest BCUT2D eigenvalue weighted by Crippen LogP contribution is 2.05. The molecule has 0 saturated carbocycles. The van der Waals surface area contributed by atoms with E-state index in [0.717, 1.165) is 12.8 Å². The average molecular weight is 308 g/mol. The van der Waals surface area contributed by atoms with Crippen LogP contribution in [-0.4, -0.2) is 49.6 Å². The number of hydrogen-bond donors (Lipinski definition) is 0. The summed E-state index contributed by atoms with van der Waals surface area (Å²) in [4.78, 5) is 24.0. The summed E-state index contributed by atoms with van der Waals surface area (Å²) in [6.07, 6.45) is 6.27. The molecule has 0 N–H and O–H groups in total. The van der Waals surface area contributed by atoms with E-state index < -0.39 is 12.1 Å². The highest BCUT2D eigenvalue weighted by molar-refractivity contribution is 6.18. The third-order valence-corrected chi connectivity index (χ3v) is 2.90. The molecule has 5 nitrogen and oxygen atoms in total. The molecule has 0 saturated heterocycles. The molecule has 0 bridgehead atoms. The molecule has 0 aromatic heterocycles. The summed E-state index contributed by atoms with van der Waals surface area (Å²) in [5.74, 6) is -0.175. The second-order valence-electron chi connectivity index (χ2n) is 4.65. The van der Waals surface area contributed by atoms with Crippen LogP contribution in [0, 0.1) is 0 Å². The van der Waals surface area contributed by atoms with E-state index in [1.807, 2.05) is 0 Å². The number of alkyl halides is 1. The zero-order valence-corrected chi connectivity index (χ0v) is 13.3. The number of rotatable bonds is 11. The number of amides is 1. The summed E-state index contributed by atoms with van der Waals surface area (Å²) < 4.78 is 9.84. The molecule has 20 heavy (non-hydrogen) atoms. The first kappa shape index (κ1) is 19.0. The van der Waals surface area contributed by atoms with Gasteiger partial charge >= 0.3 is 12.1 Å². The van der Waals surface area contributed by atoms with Crippen molar-refractivity contribution in [1.82, 2.24) is 4.90 Å². The van der Waals surface area contributed by atoms with Crippen molar-refractivity contribution in [2.24, 2.45) is 0 Å². The lowest BCUT2D eigenvalue weighted by molar-refractivity contribution is -0.144. The second-order valence-corrected chi connectivity index (χ2v) is 5.03. The highest BCUT2D eigenvalue weighted by atomic mass is 35.5. The molecule has 0 spiro atoms. The molecule has 0 unspecified atom stereocenters. The SMILES string of the molecule is CCCCCCCCOC(=O)CN(C)C(=O)OCCCl. The van der Waals surface area contributed by atoms with Crippen molar-refractivity contribution in [2.75, 3.05) is 32.7 Å². The number of unbranched alkanes of at least 4 members (excludes halogenated alkanes) is 5. The molecule has 0 heterocycles. The van der Waals surface area contributed by atoms with Crippen molar-refractivity contribution in [3.8, 4) is 0 Å². The van der Waals surface area contributed by atoms with Gasteiger partial charge in [0.1, 0.15) is 13.2 Å². The Bertz CT molecular complexity index is 274. The molecule has 0 radical (unpaired) electrons. The number of nitrogens with zero attached hydrogens (tertiary/aromatic N) is 1. The molecular weight excluding hydrogens is 282 g/mol. The van der Waals surface area contributed by atoms with E-state index in [0.29, 0.717) is 6.61 Å². The van der Waals surface area contributed by atoms with Crippen LogP contribution in [0.3, 0.4) is 0 Å². The maximum Gasteiger partial charge on any atom is 0.410 e. The Kier molecular flexibility index (Phi) is 12.4. The van der Waals surface area contributed by atoms with E-state index in [2.05, 4.69) is 6.92 Å². The molecule has 0 fully saturated rings. The van der Waals surface area contributed by atoms with Gasteiger partial charge in [-0.05, 0) is 6.42 Å². The summed E-state index contributed by atoms with van der Waals surface area (Å²) in [7, 11) is 1.49. The lowest BCUT2D eigenvalue weighted by atomic mass is 10.1. The molecule has 0 aromatic rings. The van der Waals surface area contributed by atoms with E-state index in [1.54, 1.807) is 0 Å². The fourth-order valence-corrected chi connectivity index (χ4v) is 1.69. The summed E-state index contributed by atoms with van der Waals surface area (Å²) in [6, 6.07) is 0. The van der Waals surface area contributed by atoms with Gasteiger partial charge in [0.2, 0.25) is 0 Å². The van der Waals surface area contributed by atoms with Gasteiger partial charge in [-0.1, -0.05) is 39.0 Å². The molecule has 0 aliphatic rings. The van der Waals surface area contributed by atoms with Gasteiger partial charge in [-0.15, -0.1) is 11.6 Å². The van der Waals surface area contributed by atoms with Gasteiger partial charge in [0, 0.05) is 7.05 Å². The first-order chi connectivity index (χ1) is 9.61. The number of ether oxygens (including phenoxy) is 2. The van der Waals surface area contributed by atoms with Crippen LogP contribution in [0.2, 0.25) is 0 Å². The number of hydrogen-bond acceptors (Lipinski definition) is 4. The van der Waals surface area contributed by atoms with Crippen LogP contribution in [-0.2, 0) is 14.3 Å². The molecule has 0 aliphatic carbocycles. The van der Waals surface area contributed by atoms with Gasteiger partial charge in [-0.2, -0.15) is 0 Å². The number of carbonyl (C=O) groups excluding carboxylic acids is 2. The molecule has 0 rings (SSSR count). The Hall–Kier alpha value is -0.970. The summed E-state index contributed by atoms with van der Waals surface area (Å²) in [6.45, 7) is 2.63. The lowest BCUT2D eigenvalue weighted by Gasteiger charge is -2.15. The molecule has 0 atom stereocenters. The van der Waals surface area contributed by atoms with Gasteiger partial charge in [0.15, 0.2) is 0 Å². The van der Waals surface area contributed by atoms with Crippen molar-refractivity contribution in [2.45, 2.75) is 45.4 Å². The van der Waals surface area contributed by atoms with Gasteiger partial charge in [-0.3, -0.25) is 4.79 Å². The van der Waals surface area contributed by atoms with E-state index in [9.17, 15) is 9.59 Å².